The lowest BCUT2D eigenvalue weighted by atomic mass is 10.2. The number of aryl methyl sites for hydroxylation is 1. The van der Waals surface area contributed by atoms with E-state index in [1.807, 2.05) is 13.0 Å². The number of carbonyl (C=O) groups excluding carboxylic acids is 2. The number of amides is 2. The first-order valence-corrected chi connectivity index (χ1v) is 6.81. The van der Waals surface area contributed by atoms with Crippen molar-refractivity contribution in [1.82, 2.24) is 5.32 Å². The molecule has 3 N–H and O–H groups in total. The molecule has 0 bridgehead atoms. The maximum Gasteiger partial charge on any atom is 0.313 e. The summed E-state index contributed by atoms with van der Waals surface area (Å²) >= 11 is 6.04. The van der Waals surface area contributed by atoms with Crippen molar-refractivity contribution in [2.45, 2.75) is 32.7 Å². The monoisotopic (exact) mass is 298 g/mol. The van der Waals surface area contributed by atoms with Crippen molar-refractivity contribution in [1.29, 1.82) is 0 Å². The van der Waals surface area contributed by atoms with E-state index in [9.17, 15) is 9.59 Å². The summed E-state index contributed by atoms with van der Waals surface area (Å²) < 4.78 is 0. The quantitative estimate of drug-likeness (QED) is 0.726. The molecule has 0 saturated carbocycles. The van der Waals surface area contributed by atoms with E-state index in [0.29, 0.717) is 23.6 Å². The number of aliphatic hydroxyl groups is 1. The molecule has 1 atom stereocenters. The molecule has 20 heavy (non-hydrogen) atoms. The van der Waals surface area contributed by atoms with Crippen LogP contribution in [0.1, 0.15) is 25.3 Å². The zero-order chi connectivity index (χ0) is 15.1. The third kappa shape index (κ3) is 4.83. The van der Waals surface area contributed by atoms with E-state index in [1.165, 1.54) is 0 Å². The summed E-state index contributed by atoms with van der Waals surface area (Å²) in [7, 11) is 0. The maximum absolute atomic E-state index is 11.8. The number of benzene rings is 1. The van der Waals surface area contributed by atoms with Gasteiger partial charge in [-0.3, -0.25) is 9.59 Å². The van der Waals surface area contributed by atoms with Crippen molar-refractivity contribution in [2.24, 2.45) is 0 Å². The van der Waals surface area contributed by atoms with Crippen LogP contribution in [0.5, 0.6) is 0 Å². The first-order valence-electron chi connectivity index (χ1n) is 6.43. The van der Waals surface area contributed by atoms with E-state index in [0.717, 1.165) is 5.56 Å². The van der Waals surface area contributed by atoms with Crippen LogP contribution >= 0.6 is 11.6 Å². The van der Waals surface area contributed by atoms with Gasteiger partial charge in [-0.05, 0) is 38.3 Å². The standard InChI is InChI=1S/C14H19ClN2O3/c1-9-5-3-7-11(12(9)15)17-14(20)13(19)16-10(2)6-4-8-18/h3,5,7,10,18H,4,6,8H2,1-2H3,(H,16,19)(H,17,20). The van der Waals surface area contributed by atoms with Gasteiger partial charge >= 0.3 is 11.8 Å². The molecule has 1 rings (SSSR count). The molecule has 0 heterocycles. The van der Waals surface area contributed by atoms with Crippen LogP contribution in [0, 0.1) is 6.92 Å². The van der Waals surface area contributed by atoms with Crippen LogP contribution in [0.25, 0.3) is 0 Å². The van der Waals surface area contributed by atoms with Crippen molar-refractivity contribution in [3.63, 3.8) is 0 Å². The fraction of sp³-hybridized carbons (Fsp3) is 0.429. The Balaban J connectivity index is 2.58. The molecule has 0 aliphatic heterocycles. The fourth-order valence-electron chi connectivity index (χ4n) is 1.68. The zero-order valence-electron chi connectivity index (χ0n) is 11.6. The second-order valence-corrected chi connectivity index (χ2v) is 5.01. The van der Waals surface area contributed by atoms with Crippen molar-refractivity contribution in [3.05, 3.63) is 28.8 Å². The molecule has 0 radical (unpaired) electrons. The summed E-state index contributed by atoms with van der Waals surface area (Å²) in [6.07, 6.45) is 1.19. The third-order valence-electron chi connectivity index (χ3n) is 2.82. The minimum absolute atomic E-state index is 0.0608. The molecule has 0 saturated heterocycles. The highest BCUT2D eigenvalue weighted by Crippen LogP contribution is 2.24. The number of aliphatic hydroxyl groups excluding tert-OH is 1. The zero-order valence-corrected chi connectivity index (χ0v) is 12.3. The van der Waals surface area contributed by atoms with E-state index >= 15 is 0 Å². The van der Waals surface area contributed by atoms with Crippen LogP contribution in [0.4, 0.5) is 5.69 Å². The van der Waals surface area contributed by atoms with Gasteiger partial charge in [0.1, 0.15) is 0 Å². The Kier molecular flexibility index (Phi) is 6.48. The van der Waals surface area contributed by atoms with Crippen molar-refractivity contribution >= 4 is 29.1 Å². The van der Waals surface area contributed by atoms with Crippen LogP contribution in [0.3, 0.4) is 0 Å². The Hall–Kier alpha value is -1.59. The van der Waals surface area contributed by atoms with Gasteiger partial charge in [-0.15, -0.1) is 0 Å². The van der Waals surface area contributed by atoms with E-state index in [-0.39, 0.29) is 12.6 Å². The third-order valence-corrected chi connectivity index (χ3v) is 3.32. The average Bonchev–Trinajstić information content (AvgIpc) is 2.41. The SMILES string of the molecule is Cc1cccc(NC(=O)C(=O)NC(C)CCCO)c1Cl. The van der Waals surface area contributed by atoms with Gasteiger partial charge in [0.25, 0.3) is 0 Å². The van der Waals surface area contributed by atoms with Crippen molar-refractivity contribution < 1.29 is 14.7 Å². The number of hydrogen-bond donors (Lipinski definition) is 3. The first kappa shape index (κ1) is 16.5. The molecule has 110 valence electrons. The van der Waals surface area contributed by atoms with Gasteiger partial charge in [0.15, 0.2) is 0 Å². The number of anilines is 1. The number of carbonyl (C=O) groups is 2. The van der Waals surface area contributed by atoms with Gasteiger partial charge in [0.05, 0.1) is 10.7 Å². The Bertz CT molecular complexity index is 491. The Morgan fingerprint density at radius 1 is 1.35 bits per heavy atom. The van der Waals surface area contributed by atoms with Gasteiger partial charge in [0.2, 0.25) is 0 Å². The van der Waals surface area contributed by atoms with Gasteiger partial charge in [-0.1, -0.05) is 23.7 Å². The van der Waals surface area contributed by atoms with Gasteiger partial charge in [-0.25, -0.2) is 0 Å². The molecule has 5 nitrogen and oxygen atoms in total. The molecule has 1 unspecified atom stereocenters. The molecule has 1 aromatic rings. The van der Waals surface area contributed by atoms with Gasteiger partial charge in [0, 0.05) is 12.6 Å². The number of halogens is 1. The molecule has 0 aliphatic rings. The Labute approximate surface area is 123 Å². The smallest absolute Gasteiger partial charge is 0.313 e. The summed E-state index contributed by atoms with van der Waals surface area (Å²) in [5.41, 5.74) is 1.23. The predicted molar refractivity (Wildman–Crippen MR) is 78.7 cm³/mol. The Morgan fingerprint density at radius 2 is 2.05 bits per heavy atom. The predicted octanol–water partition coefficient (Wildman–Crippen LogP) is 1.86. The molecule has 0 aliphatic carbocycles. The van der Waals surface area contributed by atoms with Crippen LogP contribution in [-0.4, -0.2) is 29.6 Å². The van der Waals surface area contributed by atoms with Crippen LogP contribution in [0.15, 0.2) is 18.2 Å². The summed E-state index contributed by atoms with van der Waals surface area (Å²) in [4.78, 5) is 23.4. The molecule has 6 heteroatoms. The second kappa shape index (κ2) is 7.87. The molecule has 0 spiro atoms. The minimum atomic E-state index is -0.756. The highest BCUT2D eigenvalue weighted by Gasteiger charge is 2.17. The van der Waals surface area contributed by atoms with Gasteiger partial charge < -0.3 is 15.7 Å². The first-order chi connectivity index (χ1) is 9.45. The van der Waals surface area contributed by atoms with Crippen LogP contribution < -0.4 is 10.6 Å². The van der Waals surface area contributed by atoms with Crippen LogP contribution in [-0.2, 0) is 9.59 Å². The summed E-state index contributed by atoms with van der Waals surface area (Å²) in [5, 5.41) is 14.2. The summed E-state index contributed by atoms with van der Waals surface area (Å²) in [6.45, 7) is 3.65. The molecule has 0 aromatic heterocycles. The molecule has 2 amide bonds. The second-order valence-electron chi connectivity index (χ2n) is 4.63. The molecule has 1 aromatic carbocycles. The number of hydrogen-bond acceptors (Lipinski definition) is 3. The number of nitrogens with one attached hydrogen (secondary N) is 2. The van der Waals surface area contributed by atoms with E-state index in [2.05, 4.69) is 10.6 Å². The highest BCUT2D eigenvalue weighted by atomic mass is 35.5. The summed E-state index contributed by atoms with van der Waals surface area (Å²) in [5.74, 6) is -1.47. The summed E-state index contributed by atoms with van der Waals surface area (Å²) in [6, 6.07) is 5.02. The molecule has 0 fully saturated rings. The lowest BCUT2D eigenvalue weighted by molar-refractivity contribution is -0.136. The Morgan fingerprint density at radius 3 is 2.70 bits per heavy atom. The minimum Gasteiger partial charge on any atom is -0.396 e. The van der Waals surface area contributed by atoms with Crippen molar-refractivity contribution in [2.75, 3.05) is 11.9 Å². The normalized spacial score (nSPS) is 11.8. The lowest BCUT2D eigenvalue weighted by Crippen LogP contribution is -2.40. The highest BCUT2D eigenvalue weighted by molar-refractivity contribution is 6.41. The van der Waals surface area contributed by atoms with E-state index in [1.54, 1.807) is 19.1 Å². The van der Waals surface area contributed by atoms with Gasteiger partial charge in [-0.2, -0.15) is 0 Å². The van der Waals surface area contributed by atoms with E-state index in [4.69, 9.17) is 16.7 Å². The van der Waals surface area contributed by atoms with E-state index < -0.39 is 11.8 Å². The number of rotatable bonds is 5. The fourth-order valence-corrected chi connectivity index (χ4v) is 1.86. The average molecular weight is 299 g/mol. The lowest BCUT2D eigenvalue weighted by Gasteiger charge is -2.13. The van der Waals surface area contributed by atoms with Crippen LogP contribution in [0.2, 0.25) is 5.02 Å². The van der Waals surface area contributed by atoms with Crippen molar-refractivity contribution in [3.8, 4) is 0 Å². The maximum atomic E-state index is 11.8. The molecular formula is C14H19ClN2O3. The topological polar surface area (TPSA) is 78.4 Å². The molecular weight excluding hydrogens is 280 g/mol. The largest absolute Gasteiger partial charge is 0.396 e.